The third-order valence-electron chi connectivity index (χ3n) is 4.69. The smallest absolute Gasteiger partial charge is 0.257 e. The third-order valence-corrected chi connectivity index (χ3v) is 4.69. The van der Waals surface area contributed by atoms with E-state index in [2.05, 4.69) is 25.1 Å². The van der Waals surface area contributed by atoms with Gasteiger partial charge in [-0.3, -0.25) is 9.78 Å². The Bertz CT molecular complexity index is 958. The van der Waals surface area contributed by atoms with Crippen LogP contribution in [0.4, 0.5) is 21.6 Å². The molecule has 1 aliphatic rings. The molecule has 1 aromatic carbocycles. The average Bonchev–Trinajstić information content (AvgIpc) is 2.75. The second-order valence-corrected chi connectivity index (χ2v) is 6.56. The van der Waals surface area contributed by atoms with Crippen molar-refractivity contribution in [3.8, 4) is 0 Å². The number of anilines is 3. The number of nitrogens with zero attached hydrogens (tertiary/aromatic N) is 4. The molecule has 1 aliphatic heterocycles. The van der Waals surface area contributed by atoms with E-state index < -0.39 is 5.82 Å². The van der Waals surface area contributed by atoms with E-state index in [1.807, 2.05) is 24.3 Å². The maximum atomic E-state index is 13.3. The molecule has 1 N–H and O–H groups in total. The van der Waals surface area contributed by atoms with Crippen LogP contribution in [0.25, 0.3) is 0 Å². The lowest BCUT2D eigenvalue weighted by atomic mass is 10.2. The molecule has 4 rings (SSSR count). The van der Waals surface area contributed by atoms with Crippen LogP contribution in [-0.2, 0) is 0 Å². The van der Waals surface area contributed by atoms with Crippen molar-refractivity contribution in [2.75, 3.05) is 41.3 Å². The van der Waals surface area contributed by atoms with Crippen LogP contribution in [-0.4, -0.2) is 42.1 Å². The molecule has 1 saturated heterocycles. The number of hydrogen-bond donors (Lipinski definition) is 1. The van der Waals surface area contributed by atoms with Gasteiger partial charge in [0.05, 0.1) is 17.4 Å². The van der Waals surface area contributed by atoms with Crippen molar-refractivity contribution < 1.29 is 9.18 Å². The molecule has 0 saturated carbocycles. The van der Waals surface area contributed by atoms with Crippen LogP contribution in [0.5, 0.6) is 0 Å². The largest absolute Gasteiger partial charge is 0.367 e. The molecule has 0 spiro atoms. The van der Waals surface area contributed by atoms with Crippen LogP contribution in [0.1, 0.15) is 10.4 Å². The first kappa shape index (κ1) is 17.9. The van der Waals surface area contributed by atoms with Crippen molar-refractivity contribution in [3.05, 3.63) is 78.5 Å². The Morgan fingerprint density at radius 3 is 2.54 bits per heavy atom. The molecule has 7 heteroatoms. The zero-order chi connectivity index (χ0) is 19.3. The summed E-state index contributed by atoms with van der Waals surface area (Å²) in [5.41, 5.74) is 1.75. The fourth-order valence-corrected chi connectivity index (χ4v) is 3.23. The lowest BCUT2D eigenvalue weighted by Gasteiger charge is -2.36. The number of carbonyl (C=O) groups is 1. The molecular formula is C21H20FN5O. The molecule has 1 fully saturated rings. The summed E-state index contributed by atoms with van der Waals surface area (Å²) in [4.78, 5) is 25.5. The summed E-state index contributed by atoms with van der Waals surface area (Å²) < 4.78 is 13.3. The normalized spacial score (nSPS) is 14.0. The van der Waals surface area contributed by atoms with Gasteiger partial charge in [0, 0.05) is 44.3 Å². The van der Waals surface area contributed by atoms with E-state index in [0.29, 0.717) is 11.3 Å². The number of halogens is 1. The van der Waals surface area contributed by atoms with Crippen molar-refractivity contribution in [1.29, 1.82) is 0 Å². The maximum absolute atomic E-state index is 13.3. The van der Waals surface area contributed by atoms with Crippen molar-refractivity contribution in [2.24, 2.45) is 0 Å². The number of rotatable bonds is 4. The summed E-state index contributed by atoms with van der Waals surface area (Å²) >= 11 is 0. The summed E-state index contributed by atoms with van der Waals surface area (Å²) in [6.45, 7) is 3.31. The Morgan fingerprint density at radius 2 is 1.79 bits per heavy atom. The Hall–Kier alpha value is -3.48. The van der Waals surface area contributed by atoms with E-state index in [1.54, 1.807) is 24.5 Å². The molecule has 6 nitrogen and oxygen atoms in total. The quantitative estimate of drug-likeness (QED) is 0.757. The van der Waals surface area contributed by atoms with Gasteiger partial charge in [0.25, 0.3) is 5.91 Å². The summed E-state index contributed by atoms with van der Waals surface area (Å²) in [6, 6.07) is 13.5. The van der Waals surface area contributed by atoms with E-state index >= 15 is 0 Å². The molecule has 142 valence electrons. The van der Waals surface area contributed by atoms with Crippen molar-refractivity contribution in [2.45, 2.75) is 0 Å². The van der Waals surface area contributed by atoms with E-state index in [-0.39, 0.29) is 5.91 Å². The van der Waals surface area contributed by atoms with Gasteiger partial charge in [-0.25, -0.2) is 9.37 Å². The van der Waals surface area contributed by atoms with Crippen molar-refractivity contribution >= 4 is 23.1 Å². The highest BCUT2D eigenvalue weighted by Crippen LogP contribution is 2.20. The predicted octanol–water partition coefficient (Wildman–Crippen LogP) is 3.19. The van der Waals surface area contributed by atoms with Gasteiger partial charge in [-0.15, -0.1) is 0 Å². The number of amides is 1. The van der Waals surface area contributed by atoms with E-state index in [9.17, 15) is 9.18 Å². The molecule has 28 heavy (non-hydrogen) atoms. The molecular weight excluding hydrogens is 357 g/mol. The molecule has 0 atom stereocenters. The Balaban J connectivity index is 1.42. The molecule has 3 heterocycles. The minimum absolute atomic E-state index is 0.313. The molecule has 0 unspecified atom stereocenters. The highest BCUT2D eigenvalue weighted by Gasteiger charge is 2.19. The highest BCUT2D eigenvalue weighted by molar-refractivity contribution is 6.04. The second-order valence-electron chi connectivity index (χ2n) is 6.56. The first-order chi connectivity index (χ1) is 13.7. The monoisotopic (exact) mass is 377 g/mol. The standard InChI is InChI=1S/C21H20FN5O/c22-17-4-3-5-18(13-17)25-21(28)16-12-19(15-23-14-16)26-8-10-27(11-9-26)20-6-1-2-7-24-20/h1-7,12-15H,8-11H2,(H,25,28). The number of piperazine rings is 1. The number of benzene rings is 1. The molecule has 0 radical (unpaired) electrons. The number of aromatic nitrogens is 2. The third kappa shape index (κ3) is 4.09. The number of pyridine rings is 2. The summed E-state index contributed by atoms with van der Waals surface area (Å²) in [6.07, 6.45) is 5.07. The first-order valence-electron chi connectivity index (χ1n) is 9.12. The molecule has 3 aromatic rings. The fourth-order valence-electron chi connectivity index (χ4n) is 3.23. The topological polar surface area (TPSA) is 61.4 Å². The van der Waals surface area contributed by atoms with Crippen LogP contribution >= 0.6 is 0 Å². The van der Waals surface area contributed by atoms with Gasteiger partial charge < -0.3 is 15.1 Å². The van der Waals surface area contributed by atoms with Gasteiger partial charge in [0.1, 0.15) is 11.6 Å². The Kier molecular flexibility index (Phi) is 5.14. The van der Waals surface area contributed by atoms with Gasteiger partial charge >= 0.3 is 0 Å². The molecule has 0 aliphatic carbocycles. The second kappa shape index (κ2) is 8.04. The van der Waals surface area contributed by atoms with Gasteiger partial charge in [0.2, 0.25) is 0 Å². The van der Waals surface area contributed by atoms with Crippen molar-refractivity contribution in [1.82, 2.24) is 9.97 Å². The Morgan fingerprint density at radius 1 is 0.964 bits per heavy atom. The van der Waals surface area contributed by atoms with Crippen LogP contribution in [0, 0.1) is 5.82 Å². The average molecular weight is 377 g/mol. The first-order valence-corrected chi connectivity index (χ1v) is 9.12. The summed E-state index contributed by atoms with van der Waals surface area (Å²) in [7, 11) is 0. The number of carbonyl (C=O) groups excluding carboxylic acids is 1. The van der Waals surface area contributed by atoms with Crippen LogP contribution < -0.4 is 15.1 Å². The van der Waals surface area contributed by atoms with E-state index in [1.165, 1.54) is 18.3 Å². The Labute approximate surface area is 162 Å². The number of hydrogen-bond acceptors (Lipinski definition) is 5. The van der Waals surface area contributed by atoms with E-state index in [0.717, 1.165) is 37.7 Å². The van der Waals surface area contributed by atoms with Gasteiger partial charge in [-0.05, 0) is 36.4 Å². The summed E-state index contributed by atoms with van der Waals surface area (Å²) in [5, 5.41) is 2.70. The maximum Gasteiger partial charge on any atom is 0.257 e. The lowest BCUT2D eigenvalue weighted by molar-refractivity contribution is 0.102. The van der Waals surface area contributed by atoms with E-state index in [4.69, 9.17) is 0 Å². The van der Waals surface area contributed by atoms with Crippen LogP contribution in [0.2, 0.25) is 0 Å². The number of nitrogens with one attached hydrogen (secondary N) is 1. The fraction of sp³-hybridized carbons (Fsp3) is 0.190. The minimum Gasteiger partial charge on any atom is -0.367 e. The molecule has 2 aromatic heterocycles. The van der Waals surface area contributed by atoms with Crippen molar-refractivity contribution in [3.63, 3.8) is 0 Å². The molecule has 0 bridgehead atoms. The summed E-state index contributed by atoms with van der Waals surface area (Å²) in [5.74, 6) is 0.269. The van der Waals surface area contributed by atoms with Crippen LogP contribution in [0.15, 0.2) is 67.1 Å². The lowest BCUT2D eigenvalue weighted by Crippen LogP contribution is -2.46. The van der Waals surface area contributed by atoms with Gasteiger partial charge in [-0.1, -0.05) is 12.1 Å². The zero-order valence-corrected chi connectivity index (χ0v) is 15.3. The van der Waals surface area contributed by atoms with Gasteiger partial charge in [0.15, 0.2) is 0 Å². The highest BCUT2D eigenvalue weighted by atomic mass is 19.1. The van der Waals surface area contributed by atoms with Gasteiger partial charge in [-0.2, -0.15) is 0 Å². The predicted molar refractivity (Wildman–Crippen MR) is 107 cm³/mol. The zero-order valence-electron chi connectivity index (χ0n) is 15.3. The molecule has 1 amide bonds. The SMILES string of the molecule is O=C(Nc1cccc(F)c1)c1cncc(N2CCN(c3ccccn3)CC2)c1. The van der Waals surface area contributed by atoms with Crippen LogP contribution in [0.3, 0.4) is 0 Å². The minimum atomic E-state index is -0.393.